The molecule has 0 unspecified atom stereocenters. The lowest BCUT2D eigenvalue weighted by atomic mass is 10.1. The van der Waals surface area contributed by atoms with Crippen LogP contribution in [0.2, 0.25) is 0 Å². The second-order valence-electron chi connectivity index (χ2n) is 5.26. The summed E-state index contributed by atoms with van der Waals surface area (Å²) < 4.78 is 0. The maximum Gasteiger partial charge on any atom is 0.248 e. The van der Waals surface area contributed by atoms with Crippen LogP contribution >= 0.6 is 0 Å². The number of hydrogen-bond donors (Lipinski definition) is 2. The van der Waals surface area contributed by atoms with Crippen molar-refractivity contribution in [1.29, 1.82) is 0 Å². The van der Waals surface area contributed by atoms with Gasteiger partial charge in [0.15, 0.2) is 0 Å². The predicted molar refractivity (Wildman–Crippen MR) is 89.2 cm³/mol. The molecule has 0 aromatic heterocycles. The normalized spacial score (nSPS) is 10.8. The van der Waals surface area contributed by atoms with Gasteiger partial charge in [-0.1, -0.05) is 29.8 Å². The van der Waals surface area contributed by atoms with E-state index in [9.17, 15) is 4.79 Å². The Morgan fingerprint density at radius 1 is 1.05 bits per heavy atom. The molecular formula is C18H20N2O. The van der Waals surface area contributed by atoms with Crippen LogP contribution in [-0.4, -0.2) is 5.91 Å². The Balaban J connectivity index is 2.10. The van der Waals surface area contributed by atoms with E-state index >= 15 is 0 Å². The summed E-state index contributed by atoms with van der Waals surface area (Å²) in [7, 11) is 0. The molecule has 108 valence electrons. The van der Waals surface area contributed by atoms with Crippen LogP contribution in [0.4, 0.5) is 11.4 Å². The molecule has 0 heterocycles. The van der Waals surface area contributed by atoms with Gasteiger partial charge < -0.3 is 11.1 Å². The van der Waals surface area contributed by atoms with Crippen LogP contribution in [0, 0.1) is 20.8 Å². The lowest BCUT2D eigenvalue weighted by Gasteiger charge is -2.11. The van der Waals surface area contributed by atoms with Gasteiger partial charge in [-0.3, -0.25) is 4.79 Å². The molecule has 2 aromatic rings. The summed E-state index contributed by atoms with van der Waals surface area (Å²) in [6.45, 7) is 6.05. The third-order valence-corrected chi connectivity index (χ3v) is 3.29. The topological polar surface area (TPSA) is 55.1 Å². The Bertz CT molecular complexity index is 662. The molecule has 0 atom stereocenters. The van der Waals surface area contributed by atoms with Gasteiger partial charge in [-0.25, -0.2) is 0 Å². The summed E-state index contributed by atoms with van der Waals surface area (Å²) in [4.78, 5) is 12.0. The minimum atomic E-state index is -0.137. The van der Waals surface area contributed by atoms with Crippen molar-refractivity contribution in [3.8, 4) is 0 Å². The molecule has 0 fully saturated rings. The fraction of sp³-hybridized carbons (Fsp3) is 0.167. The summed E-state index contributed by atoms with van der Waals surface area (Å²) >= 11 is 0. The van der Waals surface area contributed by atoms with E-state index < -0.39 is 0 Å². The quantitative estimate of drug-likeness (QED) is 0.663. The van der Waals surface area contributed by atoms with Crippen molar-refractivity contribution in [3.05, 3.63) is 64.7 Å². The van der Waals surface area contributed by atoms with Crippen LogP contribution in [0.25, 0.3) is 6.08 Å². The molecule has 0 spiro atoms. The first kappa shape index (κ1) is 14.9. The number of nitrogen functional groups attached to an aromatic ring is 1. The molecule has 0 aliphatic rings. The molecule has 0 saturated heterocycles. The van der Waals surface area contributed by atoms with E-state index in [1.54, 1.807) is 6.08 Å². The first-order valence-corrected chi connectivity index (χ1v) is 6.88. The molecule has 3 N–H and O–H groups in total. The van der Waals surface area contributed by atoms with E-state index in [1.165, 1.54) is 11.6 Å². The molecule has 3 heteroatoms. The summed E-state index contributed by atoms with van der Waals surface area (Å²) in [5.41, 5.74) is 11.5. The highest BCUT2D eigenvalue weighted by Gasteiger charge is 2.05. The highest BCUT2D eigenvalue weighted by Crippen LogP contribution is 2.21. The number of nitrogens with two attached hydrogens (primary N) is 1. The second-order valence-corrected chi connectivity index (χ2v) is 5.26. The largest absolute Gasteiger partial charge is 0.399 e. The van der Waals surface area contributed by atoms with Crippen LogP contribution in [-0.2, 0) is 4.79 Å². The Morgan fingerprint density at radius 3 is 2.19 bits per heavy atom. The summed E-state index contributed by atoms with van der Waals surface area (Å²) in [6, 6.07) is 11.5. The Morgan fingerprint density at radius 2 is 1.62 bits per heavy atom. The third kappa shape index (κ3) is 3.96. The second kappa shape index (κ2) is 6.27. The van der Waals surface area contributed by atoms with E-state index in [0.29, 0.717) is 5.69 Å². The monoisotopic (exact) mass is 280 g/mol. The number of rotatable bonds is 3. The van der Waals surface area contributed by atoms with E-state index in [2.05, 4.69) is 17.4 Å². The zero-order chi connectivity index (χ0) is 15.4. The van der Waals surface area contributed by atoms with Crippen molar-refractivity contribution in [2.45, 2.75) is 20.8 Å². The standard InChI is InChI=1S/C18H20N2O/c1-12-10-13(2)18(14(3)11-12)20-17(21)9-6-15-4-7-16(19)8-5-15/h4-11H,19H2,1-3H3,(H,20,21)/b9-6+. The van der Waals surface area contributed by atoms with Crippen LogP contribution in [0.5, 0.6) is 0 Å². The number of benzene rings is 2. The van der Waals surface area contributed by atoms with Crippen molar-refractivity contribution in [3.63, 3.8) is 0 Å². The highest BCUT2D eigenvalue weighted by atomic mass is 16.1. The molecule has 0 aliphatic carbocycles. The molecule has 21 heavy (non-hydrogen) atoms. The molecular weight excluding hydrogens is 260 g/mol. The number of nitrogens with one attached hydrogen (secondary N) is 1. The molecule has 2 rings (SSSR count). The van der Waals surface area contributed by atoms with E-state index in [-0.39, 0.29) is 5.91 Å². The van der Waals surface area contributed by atoms with Crippen molar-refractivity contribution >= 4 is 23.4 Å². The lowest BCUT2D eigenvalue weighted by Crippen LogP contribution is -2.10. The minimum Gasteiger partial charge on any atom is -0.399 e. The maximum atomic E-state index is 12.0. The number of carbonyl (C=O) groups is 1. The molecule has 0 radical (unpaired) electrons. The molecule has 3 nitrogen and oxygen atoms in total. The summed E-state index contributed by atoms with van der Waals surface area (Å²) in [6.07, 6.45) is 3.30. The van der Waals surface area contributed by atoms with E-state index in [1.807, 2.05) is 45.0 Å². The molecule has 0 bridgehead atoms. The van der Waals surface area contributed by atoms with Crippen LogP contribution < -0.4 is 11.1 Å². The van der Waals surface area contributed by atoms with Gasteiger partial charge in [0.25, 0.3) is 0 Å². The number of amides is 1. The minimum absolute atomic E-state index is 0.137. The van der Waals surface area contributed by atoms with Crippen LogP contribution in [0.15, 0.2) is 42.5 Å². The van der Waals surface area contributed by atoms with Crippen molar-refractivity contribution in [2.24, 2.45) is 0 Å². The highest BCUT2D eigenvalue weighted by molar-refractivity contribution is 6.02. The van der Waals surface area contributed by atoms with Crippen molar-refractivity contribution < 1.29 is 4.79 Å². The van der Waals surface area contributed by atoms with Crippen LogP contribution in [0.1, 0.15) is 22.3 Å². The van der Waals surface area contributed by atoms with Gasteiger partial charge in [-0.05, 0) is 55.7 Å². The predicted octanol–water partition coefficient (Wildman–Crippen LogP) is 3.85. The van der Waals surface area contributed by atoms with Gasteiger partial charge in [0.2, 0.25) is 5.91 Å². The molecule has 0 aliphatic heterocycles. The zero-order valence-corrected chi connectivity index (χ0v) is 12.6. The van der Waals surface area contributed by atoms with Crippen LogP contribution in [0.3, 0.4) is 0 Å². The van der Waals surface area contributed by atoms with Gasteiger partial charge in [0.1, 0.15) is 0 Å². The third-order valence-electron chi connectivity index (χ3n) is 3.29. The SMILES string of the molecule is Cc1cc(C)c(NC(=O)/C=C/c2ccc(N)cc2)c(C)c1. The number of hydrogen-bond acceptors (Lipinski definition) is 2. The number of aryl methyl sites for hydroxylation is 3. The fourth-order valence-corrected chi connectivity index (χ4v) is 2.32. The van der Waals surface area contributed by atoms with Crippen molar-refractivity contribution in [2.75, 3.05) is 11.1 Å². The average Bonchev–Trinajstić information content (AvgIpc) is 2.42. The van der Waals surface area contributed by atoms with E-state index in [0.717, 1.165) is 22.4 Å². The first-order valence-electron chi connectivity index (χ1n) is 6.88. The average molecular weight is 280 g/mol. The van der Waals surface area contributed by atoms with E-state index in [4.69, 9.17) is 5.73 Å². The first-order chi connectivity index (χ1) is 9.95. The smallest absolute Gasteiger partial charge is 0.248 e. The number of carbonyl (C=O) groups excluding carboxylic acids is 1. The molecule has 2 aromatic carbocycles. The Kier molecular flexibility index (Phi) is 4.43. The number of anilines is 2. The summed E-state index contributed by atoms with van der Waals surface area (Å²) in [5.74, 6) is -0.137. The molecule has 1 amide bonds. The molecule has 0 saturated carbocycles. The maximum absolute atomic E-state index is 12.0. The zero-order valence-electron chi connectivity index (χ0n) is 12.6. The van der Waals surface area contributed by atoms with Gasteiger partial charge in [0.05, 0.1) is 0 Å². The van der Waals surface area contributed by atoms with Gasteiger partial charge in [-0.2, -0.15) is 0 Å². The van der Waals surface area contributed by atoms with Crippen molar-refractivity contribution in [1.82, 2.24) is 0 Å². The Labute approximate surface area is 125 Å². The van der Waals surface area contributed by atoms with Gasteiger partial charge >= 0.3 is 0 Å². The summed E-state index contributed by atoms with van der Waals surface area (Å²) in [5, 5.41) is 2.94. The van der Waals surface area contributed by atoms with Gasteiger partial charge in [0, 0.05) is 17.5 Å². The Hall–Kier alpha value is -2.55. The lowest BCUT2D eigenvalue weighted by molar-refractivity contribution is -0.111. The fourth-order valence-electron chi connectivity index (χ4n) is 2.32. The van der Waals surface area contributed by atoms with Gasteiger partial charge in [-0.15, -0.1) is 0 Å².